The highest BCUT2D eigenvalue weighted by atomic mass is 35.5. The zero-order valence-electron chi connectivity index (χ0n) is 16.4. The molecule has 0 saturated carbocycles. The van der Waals surface area contributed by atoms with E-state index in [2.05, 4.69) is 10.6 Å². The van der Waals surface area contributed by atoms with Crippen LogP contribution in [0.25, 0.3) is 0 Å². The first-order valence-electron chi connectivity index (χ1n) is 9.36. The van der Waals surface area contributed by atoms with Crippen molar-refractivity contribution in [1.29, 1.82) is 0 Å². The number of sulfonamides is 1. The predicted molar refractivity (Wildman–Crippen MR) is 120 cm³/mol. The zero-order chi connectivity index (χ0) is 21.7. The summed E-state index contributed by atoms with van der Waals surface area (Å²) in [7, 11) is -3.46. The van der Waals surface area contributed by atoms with Crippen molar-refractivity contribution < 1.29 is 17.9 Å². The lowest BCUT2D eigenvalue weighted by atomic mass is 10.2. The minimum atomic E-state index is -3.46. The van der Waals surface area contributed by atoms with Crippen LogP contribution in [0.15, 0.2) is 47.4 Å². The summed E-state index contributed by atoms with van der Waals surface area (Å²) < 4.78 is 32.1. The van der Waals surface area contributed by atoms with E-state index >= 15 is 0 Å². The molecule has 2 aromatic rings. The highest BCUT2D eigenvalue weighted by Crippen LogP contribution is 2.23. The van der Waals surface area contributed by atoms with Gasteiger partial charge in [0.15, 0.2) is 11.7 Å². The van der Waals surface area contributed by atoms with Crippen molar-refractivity contribution in [2.24, 2.45) is 0 Å². The van der Waals surface area contributed by atoms with Crippen molar-refractivity contribution >= 4 is 50.5 Å². The Kier molecular flexibility index (Phi) is 7.30. The van der Waals surface area contributed by atoms with E-state index in [1.807, 2.05) is 6.92 Å². The Morgan fingerprint density at radius 2 is 1.83 bits per heavy atom. The number of carbonyl (C=O) groups is 1. The Hall–Kier alpha value is -2.20. The van der Waals surface area contributed by atoms with Crippen LogP contribution in [-0.2, 0) is 14.8 Å². The molecule has 1 amide bonds. The number of anilines is 1. The fourth-order valence-corrected chi connectivity index (χ4v) is 5.01. The summed E-state index contributed by atoms with van der Waals surface area (Å²) in [4.78, 5) is 12.3. The largest absolute Gasteiger partial charge is 0.483 e. The van der Waals surface area contributed by atoms with Crippen molar-refractivity contribution in [3.05, 3.63) is 53.1 Å². The van der Waals surface area contributed by atoms with Crippen molar-refractivity contribution in [3.8, 4) is 5.75 Å². The number of halogens is 1. The number of ether oxygens (including phenoxy) is 1. The van der Waals surface area contributed by atoms with Crippen molar-refractivity contribution in [3.63, 3.8) is 0 Å². The summed E-state index contributed by atoms with van der Waals surface area (Å²) in [5.41, 5.74) is 1.38. The van der Waals surface area contributed by atoms with Crippen LogP contribution in [0.4, 0.5) is 5.69 Å². The number of nitrogens with zero attached hydrogens (tertiary/aromatic N) is 1. The van der Waals surface area contributed by atoms with Gasteiger partial charge in [0, 0.05) is 23.8 Å². The van der Waals surface area contributed by atoms with Gasteiger partial charge in [-0.25, -0.2) is 8.42 Å². The molecule has 0 atom stereocenters. The van der Waals surface area contributed by atoms with Crippen LogP contribution in [0.1, 0.15) is 18.4 Å². The van der Waals surface area contributed by atoms with E-state index in [1.165, 1.54) is 16.4 Å². The fourth-order valence-electron chi connectivity index (χ4n) is 3.03. The monoisotopic (exact) mass is 467 g/mol. The number of aryl methyl sites for hydroxylation is 1. The third-order valence-corrected chi connectivity index (χ3v) is 6.92. The van der Waals surface area contributed by atoms with Crippen LogP contribution < -0.4 is 15.4 Å². The van der Waals surface area contributed by atoms with E-state index in [9.17, 15) is 13.2 Å². The maximum atomic E-state index is 12.5. The number of hydrogen-bond acceptors (Lipinski definition) is 5. The van der Waals surface area contributed by atoms with Gasteiger partial charge in [-0.2, -0.15) is 4.31 Å². The normalized spacial score (nSPS) is 14.3. The van der Waals surface area contributed by atoms with E-state index in [0.717, 1.165) is 18.4 Å². The van der Waals surface area contributed by atoms with Crippen LogP contribution in [0.3, 0.4) is 0 Å². The average Bonchev–Trinajstić information content (AvgIpc) is 3.23. The van der Waals surface area contributed by atoms with E-state index in [-0.39, 0.29) is 16.6 Å². The highest BCUT2D eigenvalue weighted by Gasteiger charge is 2.26. The molecule has 1 aliphatic heterocycles. The van der Waals surface area contributed by atoms with Crippen LogP contribution in [0.5, 0.6) is 5.75 Å². The van der Waals surface area contributed by atoms with Gasteiger partial charge in [-0.05, 0) is 80.0 Å². The third kappa shape index (κ3) is 5.69. The lowest BCUT2D eigenvalue weighted by molar-refractivity contribution is -0.121. The first kappa shape index (κ1) is 22.5. The molecule has 1 fully saturated rings. The summed E-state index contributed by atoms with van der Waals surface area (Å²) in [5, 5.41) is 6.06. The second kappa shape index (κ2) is 9.74. The molecule has 0 spiro atoms. The highest BCUT2D eigenvalue weighted by molar-refractivity contribution is 7.89. The molecule has 2 aromatic carbocycles. The molecule has 0 unspecified atom stereocenters. The maximum Gasteiger partial charge on any atom is 0.264 e. The molecule has 10 heteroatoms. The lowest BCUT2D eigenvalue weighted by Gasteiger charge is -2.16. The Bertz CT molecular complexity index is 1040. The molecule has 1 aliphatic rings. The molecule has 30 heavy (non-hydrogen) atoms. The molecule has 0 aromatic heterocycles. The molecule has 2 N–H and O–H groups in total. The molecule has 7 nitrogen and oxygen atoms in total. The molecule has 160 valence electrons. The van der Waals surface area contributed by atoms with Crippen molar-refractivity contribution in [2.45, 2.75) is 24.7 Å². The molecule has 1 saturated heterocycles. The minimum Gasteiger partial charge on any atom is -0.483 e. The lowest BCUT2D eigenvalue weighted by Crippen LogP contribution is -2.37. The van der Waals surface area contributed by atoms with E-state index in [1.54, 1.807) is 30.3 Å². The van der Waals surface area contributed by atoms with Gasteiger partial charge in [-0.1, -0.05) is 11.6 Å². The number of hydrogen-bond donors (Lipinski definition) is 2. The third-order valence-electron chi connectivity index (χ3n) is 4.56. The second-order valence-corrected chi connectivity index (χ2v) is 9.62. The van der Waals surface area contributed by atoms with Gasteiger partial charge in [0.25, 0.3) is 5.91 Å². The van der Waals surface area contributed by atoms with Crippen LogP contribution in [-0.4, -0.2) is 43.4 Å². The molecular formula is C20H22ClN3O4S2. The van der Waals surface area contributed by atoms with Gasteiger partial charge in [0.1, 0.15) is 5.75 Å². The van der Waals surface area contributed by atoms with Gasteiger partial charge < -0.3 is 10.1 Å². The number of benzene rings is 2. The molecule has 0 bridgehead atoms. The Morgan fingerprint density at radius 3 is 2.47 bits per heavy atom. The standard InChI is InChI=1S/C20H22ClN3O4S2/c1-14-12-15(21)4-9-18(14)28-13-19(25)23-20(29)22-16-5-7-17(8-6-16)30(26,27)24-10-2-3-11-24/h4-9,12H,2-3,10-11,13H2,1H3,(H2,22,23,25,29). The zero-order valence-corrected chi connectivity index (χ0v) is 18.7. The van der Waals surface area contributed by atoms with Crippen molar-refractivity contribution in [2.75, 3.05) is 25.0 Å². The number of amides is 1. The Morgan fingerprint density at radius 1 is 1.17 bits per heavy atom. The Balaban J connectivity index is 1.51. The molecule has 3 rings (SSSR count). The Labute approximate surface area is 186 Å². The van der Waals surface area contributed by atoms with Gasteiger partial charge in [0.2, 0.25) is 10.0 Å². The van der Waals surface area contributed by atoms with E-state index in [4.69, 9.17) is 28.6 Å². The number of thiocarbonyl (C=S) groups is 1. The topological polar surface area (TPSA) is 87.7 Å². The number of rotatable bonds is 6. The van der Waals surface area contributed by atoms with Crippen LogP contribution in [0.2, 0.25) is 5.02 Å². The predicted octanol–water partition coefficient (Wildman–Crippen LogP) is 3.32. The van der Waals surface area contributed by atoms with Gasteiger partial charge in [-0.3, -0.25) is 10.1 Å². The van der Waals surface area contributed by atoms with Crippen LogP contribution in [0, 0.1) is 6.92 Å². The first-order chi connectivity index (χ1) is 14.3. The first-order valence-corrected chi connectivity index (χ1v) is 11.6. The quantitative estimate of drug-likeness (QED) is 0.633. The summed E-state index contributed by atoms with van der Waals surface area (Å²) in [5.74, 6) is 0.137. The van der Waals surface area contributed by atoms with Gasteiger partial charge in [-0.15, -0.1) is 0 Å². The fraction of sp³-hybridized carbons (Fsp3) is 0.300. The second-order valence-electron chi connectivity index (χ2n) is 6.84. The summed E-state index contributed by atoms with van der Waals surface area (Å²) in [6, 6.07) is 11.4. The molecule has 0 radical (unpaired) electrons. The molecular weight excluding hydrogens is 446 g/mol. The summed E-state index contributed by atoms with van der Waals surface area (Å²) in [6.45, 7) is 2.72. The number of carbonyl (C=O) groups excluding carboxylic acids is 1. The maximum absolute atomic E-state index is 12.5. The van der Waals surface area contributed by atoms with E-state index in [0.29, 0.717) is 29.5 Å². The number of nitrogens with one attached hydrogen (secondary N) is 2. The summed E-state index contributed by atoms with van der Waals surface area (Å²) in [6.07, 6.45) is 1.77. The molecule has 1 heterocycles. The molecule has 0 aliphatic carbocycles. The average molecular weight is 468 g/mol. The van der Waals surface area contributed by atoms with Gasteiger partial charge >= 0.3 is 0 Å². The SMILES string of the molecule is Cc1cc(Cl)ccc1OCC(=O)NC(=S)Nc1ccc(S(=O)(=O)N2CCCC2)cc1. The summed E-state index contributed by atoms with van der Waals surface area (Å²) >= 11 is 11.0. The van der Waals surface area contributed by atoms with Crippen LogP contribution >= 0.6 is 23.8 Å². The van der Waals surface area contributed by atoms with E-state index < -0.39 is 15.9 Å². The van der Waals surface area contributed by atoms with Crippen molar-refractivity contribution in [1.82, 2.24) is 9.62 Å². The van der Waals surface area contributed by atoms with Gasteiger partial charge in [0.05, 0.1) is 4.90 Å². The smallest absolute Gasteiger partial charge is 0.264 e. The minimum absolute atomic E-state index is 0.0894.